The zero-order chi connectivity index (χ0) is 15.8. The highest BCUT2D eigenvalue weighted by Gasteiger charge is 2.66. The smallest absolute Gasteiger partial charge is 0.0653 e. The van der Waals surface area contributed by atoms with Crippen LogP contribution in [0.5, 0.6) is 0 Å². The average Bonchev–Trinajstić information content (AvgIpc) is 2.63. The Bertz CT molecular complexity index is 472. The lowest BCUT2D eigenvalue weighted by molar-refractivity contribution is -0.159. The summed E-state index contributed by atoms with van der Waals surface area (Å²) in [7, 11) is 0. The van der Waals surface area contributed by atoms with Crippen LogP contribution in [0, 0.1) is 34.0 Å². The van der Waals surface area contributed by atoms with Gasteiger partial charge in [0.15, 0.2) is 0 Å². The zero-order valence-corrected chi connectivity index (χ0v) is 14.7. The van der Waals surface area contributed by atoms with Crippen molar-refractivity contribution in [2.45, 2.75) is 84.2 Å². The number of hydrogen-bond donors (Lipinski definition) is 2. The summed E-state index contributed by atoms with van der Waals surface area (Å²) in [6.45, 7) is 7.34. The summed E-state index contributed by atoms with van der Waals surface area (Å²) in [5.74, 6) is 1.99. The van der Waals surface area contributed by atoms with Crippen molar-refractivity contribution in [1.29, 1.82) is 0 Å². The molecule has 2 N–H and O–H groups in total. The molecule has 4 saturated carbocycles. The van der Waals surface area contributed by atoms with Gasteiger partial charge in [-0.1, -0.05) is 20.3 Å². The molecule has 0 amide bonds. The molecule has 4 aliphatic carbocycles. The topological polar surface area (TPSA) is 40.5 Å². The molecule has 126 valence electrons. The van der Waals surface area contributed by atoms with Crippen LogP contribution in [0.3, 0.4) is 0 Å². The number of fused-ring (bicyclic) bond motifs is 3. The molecular weight excluding hydrogens is 272 g/mol. The molecule has 0 aromatic heterocycles. The van der Waals surface area contributed by atoms with Gasteiger partial charge in [0.25, 0.3) is 0 Å². The van der Waals surface area contributed by atoms with Crippen molar-refractivity contribution in [3.05, 3.63) is 0 Å². The molecule has 2 heteroatoms. The molecule has 4 rings (SSSR count). The SMILES string of the molecule is C[C@]1(CO)CCC[C@@]2(C)[C@H]1CC[C@]13C[C@H](CC[C@@H]12)[C@@](C)(O)C3. The summed E-state index contributed by atoms with van der Waals surface area (Å²) in [5.41, 5.74) is 0.504. The Labute approximate surface area is 135 Å². The van der Waals surface area contributed by atoms with Crippen molar-refractivity contribution in [2.75, 3.05) is 6.61 Å². The van der Waals surface area contributed by atoms with E-state index in [0.717, 1.165) is 12.3 Å². The lowest BCUT2D eigenvalue weighted by atomic mass is 9.41. The molecule has 0 aliphatic heterocycles. The first kappa shape index (κ1) is 15.4. The fourth-order valence-electron chi connectivity index (χ4n) is 8.12. The van der Waals surface area contributed by atoms with E-state index in [-0.39, 0.29) is 5.41 Å². The van der Waals surface area contributed by atoms with Crippen LogP contribution in [-0.4, -0.2) is 22.4 Å². The van der Waals surface area contributed by atoms with E-state index < -0.39 is 5.60 Å². The zero-order valence-electron chi connectivity index (χ0n) is 14.7. The Hall–Kier alpha value is -0.0800. The van der Waals surface area contributed by atoms with Crippen molar-refractivity contribution in [3.63, 3.8) is 0 Å². The molecule has 0 aromatic rings. The van der Waals surface area contributed by atoms with E-state index in [2.05, 4.69) is 20.8 Å². The van der Waals surface area contributed by atoms with E-state index in [1.807, 2.05) is 0 Å². The second-order valence-corrected chi connectivity index (χ2v) is 10.2. The predicted octanol–water partition coefficient (Wildman–Crippen LogP) is 4.14. The average molecular weight is 306 g/mol. The first-order valence-corrected chi connectivity index (χ1v) is 9.59. The third-order valence-corrected chi connectivity index (χ3v) is 8.97. The van der Waals surface area contributed by atoms with Crippen LogP contribution in [0.2, 0.25) is 0 Å². The number of rotatable bonds is 1. The van der Waals surface area contributed by atoms with Gasteiger partial charge in [-0.25, -0.2) is 0 Å². The Morgan fingerprint density at radius 3 is 2.45 bits per heavy atom. The summed E-state index contributed by atoms with van der Waals surface area (Å²) >= 11 is 0. The second kappa shape index (κ2) is 4.51. The van der Waals surface area contributed by atoms with Crippen molar-refractivity contribution in [1.82, 2.24) is 0 Å². The fraction of sp³-hybridized carbons (Fsp3) is 1.00. The van der Waals surface area contributed by atoms with Crippen LogP contribution < -0.4 is 0 Å². The van der Waals surface area contributed by atoms with E-state index in [1.54, 1.807) is 0 Å². The van der Waals surface area contributed by atoms with Crippen molar-refractivity contribution in [2.24, 2.45) is 34.0 Å². The summed E-state index contributed by atoms with van der Waals surface area (Å²) in [6.07, 6.45) is 11.2. The van der Waals surface area contributed by atoms with E-state index in [1.165, 1.54) is 51.4 Å². The summed E-state index contributed by atoms with van der Waals surface area (Å²) in [6, 6.07) is 0. The fourth-order valence-corrected chi connectivity index (χ4v) is 8.12. The Morgan fingerprint density at radius 1 is 0.955 bits per heavy atom. The van der Waals surface area contributed by atoms with E-state index in [9.17, 15) is 10.2 Å². The molecule has 0 saturated heterocycles. The van der Waals surface area contributed by atoms with E-state index in [0.29, 0.717) is 29.3 Å². The molecule has 22 heavy (non-hydrogen) atoms. The maximum absolute atomic E-state index is 10.9. The van der Waals surface area contributed by atoms with Crippen LogP contribution in [-0.2, 0) is 0 Å². The molecule has 0 radical (unpaired) electrons. The van der Waals surface area contributed by atoms with Gasteiger partial charge >= 0.3 is 0 Å². The van der Waals surface area contributed by atoms with Crippen LogP contribution in [0.1, 0.15) is 78.6 Å². The minimum Gasteiger partial charge on any atom is -0.396 e. The van der Waals surface area contributed by atoms with Crippen molar-refractivity contribution in [3.8, 4) is 0 Å². The quantitative estimate of drug-likeness (QED) is 0.764. The molecule has 0 heterocycles. The maximum atomic E-state index is 10.9. The highest BCUT2D eigenvalue weighted by Crippen LogP contribution is 2.72. The lowest BCUT2D eigenvalue weighted by Gasteiger charge is -2.64. The van der Waals surface area contributed by atoms with Crippen LogP contribution in [0.4, 0.5) is 0 Å². The number of aliphatic hydroxyl groups is 2. The third kappa shape index (κ3) is 1.80. The molecule has 4 fully saturated rings. The van der Waals surface area contributed by atoms with Gasteiger partial charge < -0.3 is 10.2 Å². The monoisotopic (exact) mass is 306 g/mol. The third-order valence-electron chi connectivity index (χ3n) is 8.97. The van der Waals surface area contributed by atoms with Gasteiger partial charge in [0.2, 0.25) is 0 Å². The van der Waals surface area contributed by atoms with Gasteiger partial charge in [0, 0.05) is 6.61 Å². The van der Waals surface area contributed by atoms with Gasteiger partial charge in [0.1, 0.15) is 0 Å². The Balaban J connectivity index is 1.72. The van der Waals surface area contributed by atoms with Crippen LogP contribution >= 0.6 is 0 Å². The van der Waals surface area contributed by atoms with Gasteiger partial charge in [-0.05, 0) is 92.3 Å². The first-order chi connectivity index (χ1) is 10.3. The summed E-state index contributed by atoms with van der Waals surface area (Å²) < 4.78 is 0. The van der Waals surface area contributed by atoms with Gasteiger partial charge in [-0.3, -0.25) is 0 Å². The maximum Gasteiger partial charge on any atom is 0.0653 e. The molecular formula is C20H34O2. The predicted molar refractivity (Wildman–Crippen MR) is 88.4 cm³/mol. The minimum absolute atomic E-state index is 0.132. The van der Waals surface area contributed by atoms with Crippen molar-refractivity contribution < 1.29 is 10.2 Å². The molecule has 4 aliphatic rings. The number of hydrogen-bond acceptors (Lipinski definition) is 2. The number of aliphatic hydroxyl groups excluding tert-OH is 1. The molecule has 2 bridgehead atoms. The van der Waals surface area contributed by atoms with E-state index in [4.69, 9.17) is 0 Å². The van der Waals surface area contributed by atoms with Crippen molar-refractivity contribution >= 4 is 0 Å². The molecule has 1 spiro atoms. The van der Waals surface area contributed by atoms with Gasteiger partial charge in [-0.2, -0.15) is 0 Å². The molecule has 7 atom stereocenters. The van der Waals surface area contributed by atoms with Crippen LogP contribution in [0.15, 0.2) is 0 Å². The normalized spacial score (nSPS) is 60.7. The second-order valence-electron chi connectivity index (χ2n) is 10.2. The first-order valence-electron chi connectivity index (χ1n) is 9.59. The Kier molecular flexibility index (Phi) is 3.16. The minimum atomic E-state index is -0.424. The largest absolute Gasteiger partial charge is 0.396 e. The Morgan fingerprint density at radius 2 is 1.73 bits per heavy atom. The highest BCUT2D eigenvalue weighted by atomic mass is 16.3. The lowest BCUT2D eigenvalue weighted by Crippen LogP contribution is -2.57. The molecule has 0 unspecified atom stereocenters. The van der Waals surface area contributed by atoms with Gasteiger partial charge in [0.05, 0.1) is 5.60 Å². The van der Waals surface area contributed by atoms with Gasteiger partial charge in [-0.15, -0.1) is 0 Å². The molecule has 0 aromatic carbocycles. The standard InChI is InChI=1S/C20H34O2/c1-17(13-21)8-4-9-18(2)15(17)7-10-20-11-14(5-6-16(18)20)19(3,22)12-20/h14-16,21-22H,4-13H2,1-3H3/t14-,15-,16+,17+,18-,19-,20+/m0/s1. The summed E-state index contributed by atoms with van der Waals surface area (Å²) in [5, 5.41) is 21.0. The summed E-state index contributed by atoms with van der Waals surface area (Å²) in [4.78, 5) is 0. The molecule has 2 nitrogen and oxygen atoms in total. The van der Waals surface area contributed by atoms with E-state index >= 15 is 0 Å². The highest BCUT2D eigenvalue weighted by molar-refractivity contribution is 5.16. The van der Waals surface area contributed by atoms with Crippen LogP contribution in [0.25, 0.3) is 0 Å².